The normalized spacial score (nSPS) is 14.9. The lowest BCUT2D eigenvalue weighted by Gasteiger charge is -2.27. The molecule has 0 unspecified atom stereocenters. The molecule has 0 aliphatic carbocycles. The van der Waals surface area contributed by atoms with Gasteiger partial charge in [0.2, 0.25) is 0 Å². The minimum atomic E-state index is -0.828. The second-order valence-corrected chi connectivity index (χ2v) is 9.35. The Labute approximate surface area is 218 Å². The van der Waals surface area contributed by atoms with Gasteiger partial charge in [-0.15, -0.1) is 0 Å². The third-order valence-electron chi connectivity index (χ3n) is 5.40. The molecule has 0 spiro atoms. The Morgan fingerprint density at radius 1 is 1.06 bits per heavy atom. The van der Waals surface area contributed by atoms with Crippen molar-refractivity contribution in [2.75, 3.05) is 18.1 Å². The fourth-order valence-electron chi connectivity index (χ4n) is 3.64. The predicted octanol–water partition coefficient (Wildman–Crippen LogP) is 6.44. The Balaban J connectivity index is 1.94. The summed E-state index contributed by atoms with van der Waals surface area (Å²) in [5.41, 5.74) is 1.32. The first-order valence-electron chi connectivity index (χ1n) is 11.5. The van der Waals surface area contributed by atoms with Gasteiger partial charge in [0, 0.05) is 5.02 Å². The molecular formula is C26H28BrClN2O5. The maximum absolute atomic E-state index is 13.3. The molecule has 1 fully saturated rings. The van der Waals surface area contributed by atoms with E-state index in [1.165, 1.54) is 12.1 Å². The summed E-state index contributed by atoms with van der Waals surface area (Å²) in [6.07, 6.45) is 5.73. The van der Waals surface area contributed by atoms with E-state index < -0.39 is 17.8 Å². The number of hydrogen-bond acceptors (Lipinski definition) is 5. The van der Waals surface area contributed by atoms with Crippen molar-refractivity contribution in [3.8, 4) is 11.5 Å². The number of nitrogens with one attached hydrogen (secondary N) is 1. The van der Waals surface area contributed by atoms with E-state index in [2.05, 4.69) is 28.2 Å². The van der Waals surface area contributed by atoms with E-state index in [-0.39, 0.29) is 5.57 Å². The standard InChI is InChI=1S/C26H28BrClN2O5/c1-4-6-7-8-11-35-23-20(27)13-17(14-22(23)34-5-2)12-19-24(31)29-26(33)30(25(19)32)21-15-18(28)10-9-16(21)3/h9-10,12-15H,4-8,11H2,1-3H3,(H,29,31,33)/b19-12+. The van der Waals surface area contributed by atoms with Crippen LogP contribution >= 0.6 is 27.5 Å². The lowest BCUT2D eigenvalue weighted by atomic mass is 10.1. The second-order valence-electron chi connectivity index (χ2n) is 8.06. The minimum absolute atomic E-state index is 0.188. The van der Waals surface area contributed by atoms with Crippen LogP contribution in [0.25, 0.3) is 6.08 Å². The van der Waals surface area contributed by atoms with Crippen LogP contribution in [0.3, 0.4) is 0 Å². The molecule has 1 saturated heterocycles. The van der Waals surface area contributed by atoms with E-state index in [0.29, 0.717) is 51.0 Å². The van der Waals surface area contributed by atoms with E-state index in [1.807, 2.05) is 6.92 Å². The van der Waals surface area contributed by atoms with Gasteiger partial charge in [-0.3, -0.25) is 14.9 Å². The number of benzene rings is 2. The van der Waals surface area contributed by atoms with E-state index in [1.54, 1.807) is 31.2 Å². The Morgan fingerprint density at radius 2 is 1.83 bits per heavy atom. The molecular weight excluding hydrogens is 536 g/mol. The smallest absolute Gasteiger partial charge is 0.335 e. The molecule has 0 aromatic heterocycles. The third-order valence-corrected chi connectivity index (χ3v) is 6.22. The number of hydrogen-bond donors (Lipinski definition) is 1. The van der Waals surface area contributed by atoms with Gasteiger partial charge in [0.1, 0.15) is 5.57 Å². The van der Waals surface area contributed by atoms with Crippen LogP contribution in [0, 0.1) is 6.92 Å². The first-order valence-corrected chi connectivity index (χ1v) is 12.7. The van der Waals surface area contributed by atoms with Crippen molar-refractivity contribution in [3.05, 3.63) is 56.5 Å². The Morgan fingerprint density at radius 3 is 2.54 bits per heavy atom. The van der Waals surface area contributed by atoms with Crippen molar-refractivity contribution in [2.45, 2.75) is 46.5 Å². The number of rotatable bonds is 10. The zero-order valence-electron chi connectivity index (χ0n) is 20.0. The maximum Gasteiger partial charge on any atom is 0.335 e. The predicted molar refractivity (Wildman–Crippen MR) is 140 cm³/mol. The number of ether oxygens (including phenoxy) is 2. The topological polar surface area (TPSA) is 84.9 Å². The fourth-order valence-corrected chi connectivity index (χ4v) is 4.38. The number of barbiturate groups is 1. The van der Waals surface area contributed by atoms with Crippen molar-refractivity contribution in [1.82, 2.24) is 5.32 Å². The van der Waals surface area contributed by atoms with Crippen LogP contribution in [0.1, 0.15) is 50.7 Å². The van der Waals surface area contributed by atoms with Crippen molar-refractivity contribution in [1.29, 1.82) is 0 Å². The molecule has 1 aliphatic rings. The lowest BCUT2D eigenvalue weighted by Crippen LogP contribution is -2.54. The van der Waals surface area contributed by atoms with E-state index in [9.17, 15) is 14.4 Å². The van der Waals surface area contributed by atoms with Gasteiger partial charge in [0.15, 0.2) is 11.5 Å². The van der Waals surface area contributed by atoms with Crippen LogP contribution in [0.5, 0.6) is 11.5 Å². The summed E-state index contributed by atoms with van der Waals surface area (Å²) >= 11 is 9.61. The summed E-state index contributed by atoms with van der Waals surface area (Å²) < 4.78 is 12.4. The molecule has 35 heavy (non-hydrogen) atoms. The molecule has 9 heteroatoms. The van der Waals surface area contributed by atoms with Crippen LogP contribution in [-0.2, 0) is 9.59 Å². The number of unbranched alkanes of at least 4 members (excludes halogenated alkanes) is 3. The highest BCUT2D eigenvalue weighted by atomic mass is 79.9. The first kappa shape index (κ1) is 26.8. The number of carbonyl (C=O) groups excluding carboxylic acids is 3. The molecule has 2 aromatic carbocycles. The van der Waals surface area contributed by atoms with Gasteiger partial charge in [-0.05, 0) is 77.7 Å². The van der Waals surface area contributed by atoms with Gasteiger partial charge in [0.05, 0.1) is 23.4 Å². The minimum Gasteiger partial charge on any atom is -0.490 e. The molecule has 4 amide bonds. The number of urea groups is 1. The zero-order valence-corrected chi connectivity index (χ0v) is 22.3. The number of aryl methyl sites for hydroxylation is 1. The lowest BCUT2D eigenvalue weighted by molar-refractivity contribution is -0.122. The molecule has 0 saturated carbocycles. The SMILES string of the molecule is CCCCCCOc1c(Br)cc(/C=C2\C(=O)NC(=O)N(c3cc(Cl)ccc3C)C2=O)cc1OCC. The monoisotopic (exact) mass is 562 g/mol. The van der Waals surface area contributed by atoms with Gasteiger partial charge in [-0.25, -0.2) is 9.69 Å². The molecule has 7 nitrogen and oxygen atoms in total. The summed E-state index contributed by atoms with van der Waals surface area (Å²) in [4.78, 5) is 39.3. The fraction of sp³-hybridized carbons (Fsp3) is 0.346. The van der Waals surface area contributed by atoms with E-state index >= 15 is 0 Å². The molecule has 1 heterocycles. The van der Waals surface area contributed by atoms with Crippen LogP contribution < -0.4 is 19.7 Å². The molecule has 2 aromatic rings. The number of amides is 4. The van der Waals surface area contributed by atoms with Gasteiger partial charge >= 0.3 is 6.03 Å². The quantitative estimate of drug-likeness (QED) is 0.204. The van der Waals surface area contributed by atoms with E-state index in [4.69, 9.17) is 21.1 Å². The van der Waals surface area contributed by atoms with Crippen molar-refractivity contribution < 1.29 is 23.9 Å². The number of anilines is 1. The molecule has 186 valence electrons. The summed E-state index contributed by atoms with van der Waals surface area (Å²) in [6, 6.07) is 7.49. The summed E-state index contributed by atoms with van der Waals surface area (Å²) in [5, 5.41) is 2.60. The summed E-state index contributed by atoms with van der Waals surface area (Å²) in [7, 11) is 0. The average molecular weight is 564 g/mol. The first-order chi connectivity index (χ1) is 16.8. The number of imide groups is 2. The number of halogens is 2. The molecule has 0 bridgehead atoms. The molecule has 3 rings (SSSR count). The summed E-state index contributed by atoms with van der Waals surface area (Å²) in [5.74, 6) is -0.460. The highest BCUT2D eigenvalue weighted by Crippen LogP contribution is 2.38. The highest BCUT2D eigenvalue weighted by molar-refractivity contribution is 9.10. The van der Waals surface area contributed by atoms with Crippen LogP contribution in [-0.4, -0.2) is 31.1 Å². The Hall–Kier alpha value is -2.84. The van der Waals surface area contributed by atoms with Crippen LogP contribution in [0.4, 0.5) is 10.5 Å². The zero-order chi connectivity index (χ0) is 25.5. The molecule has 0 atom stereocenters. The Kier molecular flexibility index (Phi) is 9.34. The third kappa shape index (κ3) is 6.44. The molecule has 0 radical (unpaired) electrons. The summed E-state index contributed by atoms with van der Waals surface area (Å²) in [6.45, 7) is 6.72. The average Bonchev–Trinajstić information content (AvgIpc) is 2.80. The van der Waals surface area contributed by atoms with Gasteiger partial charge < -0.3 is 9.47 Å². The highest BCUT2D eigenvalue weighted by Gasteiger charge is 2.37. The Bertz CT molecular complexity index is 1160. The maximum atomic E-state index is 13.3. The van der Waals surface area contributed by atoms with Crippen LogP contribution in [0.15, 0.2) is 40.4 Å². The van der Waals surface area contributed by atoms with Crippen molar-refractivity contribution in [3.63, 3.8) is 0 Å². The number of carbonyl (C=O) groups is 3. The van der Waals surface area contributed by atoms with Crippen molar-refractivity contribution in [2.24, 2.45) is 0 Å². The molecule has 1 aliphatic heterocycles. The second kappa shape index (κ2) is 12.2. The van der Waals surface area contributed by atoms with E-state index in [0.717, 1.165) is 30.6 Å². The molecule has 1 N–H and O–H groups in total. The largest absolute Gasteiger partial charge is 0.490 e. The van der Waals surface area contributed by atoms with Crippen molar-refractivity contribution >= 4 is 57.1 Å². The van der Waals surface area contributed by atoms with Crippen LogP contribution in [0.2, 0.25) is 5.02 Å². The number of nitrogens with zero attached hydrogens (tertiary/aromatic N) is 1. The van der Waals surface area contributed by atoms with Gasteiger partial charge in [-0.1, -0.05) is 43.9 Å². The van der Waals surface area contributed by atoms with Gasteiger partial charge in [-0.2, -0.15) is 0 Å². The van der Waals surface area contributed by atoms with Gasteiger partial charge in [0.25, 0.3) is 11.8 Å².